The Balaban J connectivity index is 1.22. The maximum Gasteiger partial charge on any atom is 0.340 e. The molecule has 8 rings (SSSR count). The lowest BCUT2D eigenvalue weighted by Crippen LogP contribution is -2.82. The van der Waals surface area contributed by atoms with E-state index in [2.05, 4.69) is 4.90 Å². The Morgan fingerprint density at radius 2 is 1.84 bits per heavy atom. The molecule has 13 heteroatoms. The van der Waals surface area contributed by atoms with Gasteiger partial charge in [0.05, 0.1) is 42.2 Å². The molecule has 0 radical (unpaired) electrons. The Kier molecular flexibility index (Phi) is 7.71. The Labute approximate surface area is 291 Å². The number of rotatable bonds is 8. The van der Waals surface area contributed by atoms with Gasteiger partial charge in [-0.3, -0.25) is 19.3 Å². The van der Waals surface area contributed by atoms with E-state index in [9.17, 15) is 34.5 Å². The van der Waals surface area contributed by atoms with Crippen LogP contribution in [-0.2, 0) is 33.3 Å². The number of ether oxygens (including phenoxy) is 4. The number of nitrogens with zero attached hydrogens (tertiary/aromatic N) is 2. The highest BCUT2D eigenvalue weighted by atomic mass is 16.5. The van der Waals surface area contributed by atoms with Gasteiger partial charge in [-0.2, -0.15) is 0 Å². The fraction of sp³-hybridized carbons (Fsp3) is 0.730. The van der Waals surface area contributed by atoms with Crippen molar-refractivity contribution in [1.29, 1.82) is 0 Å². The van der Waals surface area contributed by atoms with Gasteiger partial charge in [-0.05, 0) is 43.9 Å². The molecule has 2 heterocycles. The highest BCUT2D eigenvalue weighted by Crippen LogP contribution is 2.80. The van der Waals surface area contributed by atoms with Crippen LogP contribution in [0.3, 0.4) is 0 Å². The van der Waals surface area contributed by atoms with Gasteiger partial charge in [0, 0.05) is 75.0 Å². The molecule has 272 valence electrons. The van der Waals surface area contributed by atoms with E-state index in [-0.39, 0.29) is 54.5 Å². The predicted octanol–water partition coefficient (Wildman–Crippen LogP) is 1.30. The van der Waals surface area contributed by atoms with Gasteiger partial charge in [0.1, 0.15) is 17.3 Å². The van der Waals surface area contributed by atoms with E-state index in [1.807, 2.05) is 6.92 Å². The van der Waals surface area contributed by atoms with Gasteiger partial charge < -0.3 is 34.3 Å². The summed E-state index contributed by atoms with van der Waals surface area (Å²) < 4.78 is 24.7. The molecule has 0 aromatic heterocycles. The molecule has 1 aromatic rings. The summed E-state index contributed by atoms with van der Waals surface area (Å²) in [6, 6.07) is 5.84. The molecule has 1 spiro atoms. The van der Waals surface area contributed by atoms with Gasteiger partial charge in [-0.1, -0.05) is 26.0 Å². The van der Waals surface area contributed by atoms with Crippen LogP contribution in [0.15, 0.2) is 24.3 Å². The van der Waals surface area contributed by atoms with E-state index in [0.717, 1.165) is 4.90 Å². The molecule has 7 bridgehead atoms. The zero-order valence-electron chi connectivity index (χ0n) is 29.2. The largest absolute Gasteiger partial charge is 0.462 e. The maximum atomic E-state index is 14.0. The van der Waals surface area contributed by atoms with E-state index in [1.54, 1.807) is 38.3 Å². The summed E-state index contributed by atoms with van der Waals surface area (Å²) in [4.78, 5) is 55.3. The fourth-order valence-electron chi connectivity index (χ4n) is 13.0. The first kappa shape index (κ1) is 34.2. The number of esters is 2. The van der Waals surface area contributed by atoms with Crippen molar-refractivity contribution in [3.05, 3.63) is 29.8 Å². The molecule has 7 aliphatic rings. The second kappa shape index (κ2) is 11.3. The van der Waals surface area contributed by atoms with Crippen molar-refractivity contribution < 1.29 is 53.4 Å². The van der Waals surface area contributed by atoms with Crippen LogP contribution in [-0.4, -0.2) is 120 Å². The molecule has 3 unspecified atom stereocenters. The number of methoxy groups -OCH3 is 2. The fourth-order valence-corrected chi connectivity index (χ4v) is 13.0. The number of carbonyl (C=O) groups is 4. The Bertz CT molecular complexity index is 1640. The van der Waals surface area contributed by atoms with Crippen LogP contribution in [0, 0.1) is 40.4 Å². The number of para-hydroxylation sites is 1. The van der Waals surface area contributed by atoms with Crippen molar-refractivity contribution in [1.82, 2.24) is 4.90 Å². The van der Waals surface area contributed by atoms with Gasteiger partial charge in [0.2, 0.25) is 11.8 Å². The quantitative estimate of drug-likeness (QED) is 0.263. The molecule has 2 saturated heterocycles. The highest BCUT2D eigenvalue weighted by molar-refractivity contribution is 6.22. The summed E-state index contributed by atoms with van der Waals surface area (Å²) in [7, 11) is 3.19. The lowest BCUT2D eigenvalue weighted by atomic mass is 9.42. The Morgan fingerprint density at radius 1 is 1.10 bits per heavy atom. The molecule has 1 aromatic carbocycles. The standard InChI is InChI=1S/C37H48N2O11/c1-6-38-16-34(17-49-32(44)20-9-7-8-10-23(20)39-26(41)13-18(2)31(39)43)12-11-25(47-4)36-22-14-21-24(50-19(3)40)15-35(45,27(22)28(21)42)37(46,33(36)38)30(48-5)29(34)36/h7-10,18,21-22,24-25,27-30,33,42,45-46H,6,11-17H2,1-5H3/t18-,21+,22?,24-,25-,27?,28-,29?,30-,33-,34-,35+,36-,37-/m0/s1. The average molecular weight is 697 g/mol. The Hall–Kier alpha value is -2.94. The normalized spacial score (nSPS) is 47.1. The van der Waals surface area contributed by atoms with E-state index in [1.165, 1.54) is 14.0 Å². The number of likely N-dealkylation sites (N-methyl/N-ethyl adjacent to an activating group) is 1. The summed E-state index contributed by atoms with van der Waals surface area (Å²) in [6.45, 7) is 5.91. The number of aliphatic hydroxyl groups is 3. The number of piperidine rings is 1. The number of hydrogen-bond acceptors (Lipinski definition) is 12. The van der Waals surface area contributed by atoms with Crippen LogP contribution in [0.5, 0.6) is 0 Å². The predicted molar refractivity (Wildman–Crippen MR) is 174 cm³/mol. The third-order valence-corrected chi connectivity index (χ3v) is 14.3. The molecule has 5 aliphatic carbocycles. The third-order valence-electron chi connectivity index (χ3n) is 14.3. The van der Waals surface area contributed by atoms with Crippen molar-refractivity contribution in [2.45, 2.75) is 94.5 Å². The number of likely N-dealkylation sites (tertiary alicyclic amines) is 1. The zero-order valence-corrected chi connectivity index (χ0v) is 29.2. The first-order valence-electron chi connectivity index (χ1n) is 18.0. The van der Waals surface area contributed by atoms with Crippen molar-refractivity contribution in [2.24, 2.45) is 40.4 Å². The molecule has 14 atom stereocenters. The average Bonchev–Trinajstić information content (AvgIpc) is 3.58. The van der Waals surface area contributed by atoms with E-state index in [4.69, 9.17) is 18.9 Å². The molecule has 2 aliphatic heterocycles. The second-order valence-corrected chi connectivity index (χ2v) is 16.1. The summed E-state index contributed by atoms with van der Waals surface area (Å²) in [5.74, 6) is -4.33. The molecular weight excluding hydrogens is 648 g/mol. The van der Waals surface area contributed by atoms with Crippen molar-refractivity contribution >= 4 is 29.4 Å². The van der Waals surface area contributed by atoms with Crippen molar-refractivity contribution in [2.75, 3.05) is 38.8 Å². The molecule has 3 N–H and O–H groups in total. The number of benzene rings is 1. The monoisotopic (exact) mass is 696 g/mol. The number of anilines is 1. The van der Waals surface area contributed by atoms with E-state index >= 15 is 0 Å². The number of imide groups is 1. The smallest absolute Gasteiger partial charge is 0.340 e. The number of carbonyl (C=O) groups excluding carboxylic acids is 4. The van der Waals surface area contributed by atoms with Gasteiger partial charge in [-0.25, -0.2) is 9.69 Å². The van der Waals surface area contributed by atoms with Crippen LogP contribution in [0.2, 0.25) is 0 Å². The summed E-state index contributed by atoms with van der Waals surface area (Å²) >= 11 is 0. The first-order valence-corrected chi connectivity index (χ1v) is 18.0. The maximum absolute atomic E-state index is 14.0. The van der Waals surface area contributed by atoms with Crippen molar-refractivity contribution in [3.63, 3.8) is 0 Å². The highest BCUT2D eigenvalue weighted by Gasteiger charge is 2.91. The van der Waals surface area contributed by atoms with Crippen LogP contribution in [0.25, 0.3) is 0 Å². The minimum atomic E-state index is -1.90. The number of amides is 2. The lowest BCUT2D eigenvalue weighted by Gasteiger charge is -2.70. The lowest BCUT2D eigenvalue weighted by molar-refractivity contribution is -0.318. The summed E-state index contributed by atoms with van der Waals surface area (Å²) in [5.41, 5.74) is -5.03. The van der Waals surface area contributed by atoms with Crippen LogP contribution >= 0.6 is 0 Å². The van der Waals surface area contributed by atoms with E-state index < -0.39 is 82.0 Å². The molecule has 13 nitrogen and oxygen atoms in total. The second-order valence-electron chi connectivity index (χ2n) is 16.1. The number of aliphatic hydroxyl groups excluding tert-OH is 1. The minimum Gasteiger partial charge on any atom is -0.462 e. The summed E-state index contributed by atoms with van der Waals surface area (Å²) in [5, 5.41) is 38.2. The SMILES string of the molecule is CCN1C[C@]2(COC(=O)c3ccccc3N3C(=O)C[C@H](C)C3=O)CC[C@H](OC)[C@@]34C5C[C@@H]6[C@@H](OC(C)=O)C[C@@](O)(C5[C@H]6O)[C@](O)([C@@H](OC)C23)[C@@H]14. The molecule has 7 fully saturated rings. The van der Waals surface area contributed by atoms with Gasteiger partial charge in [0.15, 0.2) is 0 Å². The Morgan fingerprint density at radius 3 is 2.48 bits per heavy atom. The molecular formula is C37H48N2O11. The van der Waals surface area contributed by atoms with E-state index in [0.29, 0.717) is 32.4 Å². The third kappa shape index (κ3) is 3.94. The minimum absolute atomic E-state index is 0.0360. The van der Waals surface area contributed by atoms with Crippen LogP contribution < -0.4 is 4.90 Å². The zero-order chi connectivity index (χ0) is 35.7. The molecule has 50 heavy (non-hydrogen) atoms. The van der Waals surface area contributed by atoms with Crippen LogP contribution in [0.1, 0.15) is 63.2 Å². The number of fused-ring (bicyclic) bond motifs is 2. The van der Waals surface area contributed by atoms with Crippen molar-refractivity contribution in [3.8, 4) is 0 Å². The first-order chi connectivity index (χ1) is 23.8. The van der Waals surface area contributed by atoms with Gasteiger partial charge in [0.25, 0.3) is 0 Å². The topological polar surface area (TPSA) is 172 Å². The molecule has 2 amide bonds. The molecule has 5 saturated carbocycles. The number of hydrogen-bond donors (Lipinski definition) is 3. The van der Waals surface area contributed by atoms with Crippen LogP contribution in [0.4, 0.5) is 5.69 Å². The summed E-state index contributed by atoms with van der Waals surface area (Å²) in [6.07, 6.45) is -1.47. The van der Waals surface area contributed by atoms with Gasteiger partial charge in [-0.15, -0.1) is 0 Å². The van der Waals surface area contributed by atoms with Gasteiger partial charge >= 0.3 is 11.9 Å².